The van der Waals surface area contributed by atoms with Crippen molar-refractivity contribution in [3.63, 3.8) is 0 Å². The number of nitrogens with zero attached hydrogens (tertiary/aromatic N) is 2. The number of carbonyl (C=O) groups excluding carboxylic acids is 1. The van der Waals surface area contributed by atoms with Gasteiger partial charge in [-0.15, -0.1) is 11.3 Å². The zero-order valence-corrected chi connectivity index (χ0v) is 12.0. The average molecular weight is 291 g/mol. The van der Waals surface area contributed by atoms with E-state index in [2.05, 4.69) is 15.5 Å². The smallest absolute Gasteiger partial charge is 0.246 e. The maximum Gasteiger partial charge on any atom is 0.246 e. The van der Waals surface area contributed by atoms with E-state index < -0.39 is 0 Å². The fourth-order valence-corrected chi connectivity index (χ4v) is 3.15. The molecule has 3 rings (SSSR count). The molecule has 0 spiro atoms. The van der Waals surface area contributed by atoms with E-state index in [0.717, 1.165) is 30.6 Å². The first kappa shape index (κ1) is 13.3. The fraction of sp³-hybridized carbons (Fsp3) is 0.500. The molecule has 1 N–H and O–H groups in total. The number of aromatic nitrogens is 2. The SMILES string of the molecule is O=C(NCc1nc(-c2cccs2)no1)C1CCCCC1. The molecule has 1 saturated carbocycles. The van der Waals surface area contributed by atoms with Crippen LogP contribution < -0.4 is 5.32 Å². The lowest BCUT2D eigenvalue weighted by molar-refractivity contribution is -0.126. The van der Waals surface area contributed by atoms with Gasteiger partial charge in [0, 0.05) is 5.92 Å². The number of hydrogen-bond acceptors (Lipinski definition) is 5. The molecule has 2 heterocycles. The van der Waals surface area contributed by atoms with E-state index in [4.69, 9.17) is 4.52 Å². The quantitative estimate of drug-likeness (QED) is 0.940. The molecule has 1 fully saturated rings. The van der Waals surface area contributed by atoms with Crippen LogP contribution in [0.2, 0.25) is 0 Å². The highest BCUT2D eigenvalue weighted by Crippen LogP contribution is 2.24. The first-order valence-electron chi connectivity index (χ1n) is 6.97. The van der Waals surface area contributed by atoms with Crippen molar-refractivity contribution < 1.29 is 9.32 Å². The summed E-state index contributed by atoms with van der Waals surface area (Å²) in [6.07, 6.45) is 5.55. The number of carbonyl (C=O) groups is 1. The summed E-state index contributed by atoms with van der Waals surface area (Å²) in [4.78, 5) is 17.3. The van der Waals surface area contributed by atoms with Crippen LogP contribution in [0.3, 0.4) is 0 Å². The van der Waals surface area contributed by atoms with Gasteiger partial charge in [-0.05, 0) is 24.3 Å². The minimum Gasteiger partial charge on any atom is -0.347 e. The lowest BCUT2D eigenvalue weighted by Crippen LogP contribution is -2.31. The molecule has 1 amide bonds. The van der Waals surface area contributed by atoms with E-state index in [-0.39, 0.29) is 11.8 Å². The monoisotopic (exact) mass is 291 g/mol. The summed E-state index contributed by atoms with van der Waals surface area (Å²) in [6.45, 7) is 0.313. The Morgan fingerprint density at radius 2 is 2.25 bits per heavy atom. The highest BCUT2D eigenvalue weighted by Gasteiger charge is 2.21. The predicted octanol–water partition coefficient (Wildman–Crippen LogP) is 2.99. The molecular weight excluding hydrogens is 274 g/mol. The normalized spacial score (nSPS) is 16.2. The van der Waals surface area contributed by atoms with Crippen molar-refractivity contribution in [3.8, 4) is 10.7 Å². The van der Waals surface area contributed by atoms with E-state index in [1.54, 1.807) is 11.3 Å². The van der Waals surface area contributed by atoms with E-state index in [1.807, 2.05) is 17.5 Å². The maximum absolute atomic E-state index is 12.0. The number of amides is 1. The Labute approximate surface area is 121 Å². The number of hydrogen-bond donors (Lipinski definition) is 1. The molecule has 0 radical (unpaired) electrons. The van der Waals surface area contributed by atoms with Crippen LogP contribution >= 0.6 is 11.3 Å². The fourth-order valence-electron chi connectivity index (χ4n) is 2.50. The summed E-state index contributed by atoms with van der Waals surface area (Å²) in [5, 5.41) is 8.79. The van der Waals surface area contributed by atoms with Crippen molar-refractivity contribution in [2.45, 2.75) is 38.6 Å². The summed E-state index contributed by atoms with van der Waals surface area (Å²) in [5.74, 6) is 1.31. The topological polar surface area (TPSA) is 68.0 Å². The molecule has 0 aliphatic heterocycles. The van der Waals surface area contributed by atoms with Crippen molar-refractivity contribution in [2.24, 2.45) is 5.92 Å². The molecule has 0 aromatic carbocycles. The van der Waals surface area contributed by atoms with Crippen LogP contribution in [0.5, 0.6) is 0 Å². The summed E-state index contributed by atoms with van der Waals surface area (Å²) < 4.78 is 5.16. The summed E-state index contributed by atoms with van der Waals surface area (Å²) >= 11 is 1.56. The molecule has 2 aromatic heterocycles. The van der Waals surface area contributed by atoms with E-state index in [0.29, 0.717) is 18.3 Å². The second-order valence-electron chi connectivity index (χ2n) is 5.04. The van der Waals surface area contributed by atoms with Crippen molar-refractivity contribution in [1.82, 2.24) is 15.5 Å². The molecule has 0 unspecified atom stereocenters. The molecule has 1 aliphatic rings. The molecule has 6 heteroatoms. The van der Waals surface area contributed by atoms with E-state index in [9.17, 15) is 4.79 Å². The molecule has 1 aliphatic carbocycles. The van der Waals surface area contributed by atoms with Gasteiger partial charge in [-0.1, -0.05) is 30.5 Å². The van der Waals surface area contributed by atoms with Crippen molar-refractivity contribution in [1.29, 1.82) is 0 Å². The third-order valence-corrected chi connectivity index (χ3v) is 4.47. The van der Waals surface area contributed by atoms with Gasteiger partial charge in [0.2, 0.25) is 17.6 Å². The predicted molar refractivity (Wildman–Crippen MR) is 76.0 cm³/mol. The standard InChI is InChI=1S/C14H17N3O2S/c18-14(10-5-2-1-3-6-10)15-9-12-16-13(17-19-12)11-7-4-8-20-11/h4,7-8,10H,1-3,5-6,9H2,(H,15,18). The highest BCUT2D eigenvalue weighted by atomic mass is 32.1. The average Bonchev–Trinajstić information content (AvgIpc) is 3.16. The van der Waals surface area contributed by atoms with Gasteiger partial charge in [0.1, 0.15) is 0 Å². The second-order valence-corrected chi connectivity index (χ2v) is 5.99. The third-order valence-electron chi connectivity index (χ3n) is 3.60. The Morgan fingerprint density at radius 1 is 1.40 bits per heavy atom. The Hall–Kier alpha value is -1.69. The highest BCUT2D eigenvalue weighted by molar-refractivity contribution is 7.13. The minimum atomic E-state index is 0.112. The van der Waals surface area contributed by atoms with Gasteiger partial charge in [-0.25, -0.2) is 0 Å². The lowest BCUT2D eigenvalue weighted by Gasteiger charge is -2.20. The van der Waals surface area contributed by atoms with Crippen LogP contribution in [0.25, 0.3) is 10.7 Å². The zero-order valence-electron chi connectivity index (χ0n) is 11.2. The largest absolute Gasteiger partial charge is 0.347 e. The molecule has 0 bridgehead atoms. The summed E-state index contributed by atoms with van der Waals surface area (Å²) in [5.41, 5.74) is 0. The molecule has 0 saturated heterocycles. The molecule has 0 atom stereocenters. The van der Waals surface area contributed by atoms with Gasteiger partial charge < -0.3 is 9.84 Å². The zero-order chi connectivity index (χ0) is 13.8. The number of nitrogens with one attached hydrogen (secondary N) is 1. The molecule has 106 valence electrons. The Kier molecular flexibility index (Phi) is 4.11. The first-order chi connectivity index (χ1) is 9.83. The van der Waals surface area contributed by atoms with Crippen LogP contribution in [0.1, 0.15) is 38.0 Å². The Balaban J connectivity index is 1.54. The van der Waals surface area contributed by atoms with Gasteiger partial charge in [-0.3, -0.25) is 4.79 Å². The minimum absolute atomic E-state index is 0.112. The van der Waals surface area contributed by atoms with Crippen LogP contribution in [0.4, 0.5) is 0 Å². The van der Waals surface area contributed by atoms with Crippen molar-refractivity contribution in [2.75, 3.05) is 0 Å². The molecular formula is C14H17N3O2S. The van der Waals surface area contributed by atoms with E-state index in [1.165, 1.54) is 6.42 Å². The second kappa shape index (κ2) is 6.17. The van der Waals surface area contributed by atoms with E-state index >= 15 is 0 Å². The number of rotatable bonds is 4. The van der Waals surface area contributed by atoms with Gasteiger partial charge in [0.05, 0.1) is 11.4 Å². The van der Waals surface area contributed by atoms with Gasteiger partial charge in [0.15, 0.2) is 0 Å². The lowest BCUT2D eigenvalue weighted by atomic mass is 9.89. The van der Waals surface area contributed by atoms with Gasteiger partial charge in [0.25, 0.3) is 0 Å². The van der Waals surface area contributed by atoms with Crippen LogP contribution in [0, 0.1) is 5.92 Å². The number of thiophene rings is 1. The molecule has 20 heavy (non-hydrogen) atoms. The third kappa shape index (κ3) is 3.07. The summed E-state index contributed by atoms with van der Waals surface area (Å²) in [7, 11) is 0. The first-order valence-corrected chi connectivity index (χ1v) is 7.85. The summed E-state index contributed by atoms with van der Waals surface area (Å²) in [6, 6.07) is 3.89. The van der Waals surface area contributed by atoms with Crippen molar-refractivity contribution >= 4 is 17.2 Å². The van der Waals surface area contributed by atoms with Gasteiger partial charge in [-0.2, -0.15) is 4.98 Å². The van der Waals surface area contributed by atoms with Crippen LogP contribution in [-0.4, -0.2) is 16.0 Å². The van der Waals surface area contributed by atoms with Gasteiger partial charge >= 0.3 is 0 Å². The molecule has 2 aromatic rings. The maximum atomic E-state index is 12.0. The van der Waals surface area contributed by atoms with Crippen molar-refractivity contribution in [3.05, 3.63) is 23.4 Å². The molecule has 5 nitrogen and oxygen atoms in total. The Bertz CT molecular complexity index is 559. The Morgan fingerprint density at radius 3 is 3.00 bits per heavy atom. The van der Waals surface area contributed by atoms with Crippen LogP contribution in [-0.2, 0) is 11.3 Å². The van der Waals surface area contributed by atoms with Crippen LogP contribution in [0.15, 0.2) is 22.0 Å².